The predicted octanol–water partition coefficient (Wildman–Crippen LogP) is 3.22. The molecular formula is C26H19N3O4. The molecule has 1 aromatic heterocycles. The molecule has 0 atom stereocenters. The Morgan fingerprint density at radius 2 is 1.70 bits per heavy atom. The summed E-state index contributed by atoms with van der Waals surface area (Å²) in [5.41, 5.74) is 1.98. The lowest BCUT2D eigenvalue weighted by molar-refractivity contribution is -0.117. The molecule has 0 fully saturated rings. The average molecular weight is 437 g/mol. The summed E-state index contributed by atoms with van der Waals surface area (Å²) in [4.78, 5) is 36.7. The largest absolute Gasteiger partial charge is 0.465 e. The van der Waals surface area contributed by atoms with Crippen molar-refractivity contribution in [3.8, 4) is 11.8 Å². The number of anilines is 1. The van der Waals surface area contributed by atoms with Gasteiger partial charge in [-0.1, -0.05) is 42.2 Å². The second kappa shape index (κ2) is 9.62. The van der Waals surface area contributed by atoms with Gasteiger partial charge in [-0.05, 0) is 42.5 Å². The second-order valence-electron chi connectivity index (χ2n) is 7.15. The number of amides is 1. The summed E-state index contributed by atoms with van der Waals surface area (Å²) in [6.45, 7) is -0.208. The molecule has 3 aromatic carbocycles. The van der Waals surface area contributed by atoms with Crippen LogP contribution in [0.5, 0.6) is 0 Å². The van der Waals surface area contributed by atoms with Gasteiger partial charge in [0.15, 0.2) is 0 Å². The van der Waals surface area contributed by atoms with Crippen LogP contribution >= 0.6 is 0 Å². The van der Waals surface area contributed by atoms with Crippen LogP contribution in [0.3, 0.4) is 0 Å². The van der Waals surface area contributed by atoms with Crippen molar-refractivity contribution in [3.05, 3.63) is 106 Å². The summed E-state index contributed by atoms with van der Waals surface area (Å²) < 4.78 is 5.86. The third-order valence-corrected chi connectivity index (χ3v) is 4.84. The average Bonchev–Trinajstić information content (AvgIpc) is 2.84. The van der Waals surface area contributed by atoms with Crippen LogP contribution in [-0.2, 0) is 16.1 Å². The van der Waals surface area contributed by atoms with Crippen molar-refractivity contribution in [2.75, 3.05) is 12.4 Å². The summed E-state index contributed by atoms with van der Waals surface area (Å²) in [7, 11) is 1.33. The molecule has 1 heterocycles. The molecular weight excluding hydrogens is 418 g/mol. The summed E-state index contributed by atoms with van der Waals surface area (Å²) >= 11 is 0. The van der Waals surface area contributed by atoms with E-state index < -0.39 is 5.97 Å². The zero-order chi connectivity index (χ0) is 23.2. The zero-order valence-electron chi connectivity index (χ0n) is 17.7. The van der Waals surface area contributed by atoms with E-state index in [2.05, 4.69) is 22.3 Å². The third-order valence-electron chi connectivity index (χ3n) is 4.84. The van der Waals surface area contributed by atoms with Crippen LogP contribution < -0.4 is 10.9 Å². The van der Waals surface area contributed by atoms with Crippen molar-refractivity contribution in [1.29, 1.82) is 0 Å². The van der Waals surface area contributed by atoms with Crippen LogP contribution in [0.2, 0.25) is 0 Å². The Morgan fingerprint density at radius 3 is 2.48 bits per heavy atom. The summed E-state index contributed by atoms with van der Waals surface area (Å²) in [5, 5.41) is 8.08. The lowest BCUT2D eigenvalue weighted by atomic mass is 10.1. The van der Waals surface area contributed by atoms with Crippen molar-refractivity contribution in [2.45, 2.75) is 6.54 Å². The highest BCUT2D eigenvalue weighted by atomic mass is 16.5. The third kappa shape index (κ3) is 5.14. The first-order valence-corrected chi connectivity index (χ1v) is 10.1. The maximum Gasteiger partial charge on any atom is 0.337 e. The molecule has 162 valence electrons. The summed E-state index contributed by atoms with van der Waals surface area (Å²) in [5.74, 6) is 5.21. The molecule has 0 aliphatic rings. The number of carbonyl (C=O) groups is 2. The Kier molecular flexibility index (Phi) is 6.28. The van der Waals surface area contributed by atoms with Gasteiger partial charge in [0.05, 0.1) is 24.3 Å². The van der Waals surface area contributed by atoms with Crippen molar-refractivity contribution in [2.24, 2.45) is 0 Å². The minimum atomic E-state index is -0.427. The first kappa shape index (κ1) is 21.5. The molecule has 7 heteroatoms. The SMILES string of the molecule is COC(=O)c1cccc(C#Cc2cccc(NC(=O)Cn3ncc4ccccc4c3=O)c2)c1. The van der Waals surface area contributed by atoms with E-state index in [1.165, 1.54) is 7.11 Å². The summed E-state index contributed by atoms with van der Waals surface area (Å²) in [6, 6.07) is 21.0. The van der Waals surface area contributed by atoms with E-state index in [0.717, 1.165) is 10.1 Å². The Morgan fingerprint density at radius 1 is 0.970 bits per heavy atom. The standard InChI is InChI=1S/C26H19N3O4/c1-33-26(32)20-9-4-6-18(14-20)12-13-19-7-5-10-22(15-19)28-24(30)17-29-25(31)23-11-3-2-8-21(23)16-27-29/h2-11,14-16H,17H2,1H3,(H,28,30). The first-order valence-electron chi connectivity index (χ1n) is 10.1. The predicted molar refractivity (Wildman–Crippen MR) is 125 cm³/mol. The Bertz CT molecular complexity index is 1480. The Balaban J connectivity index is 1.48. The lowest BCUT2D eigenvalue weighted by Crippen LogP contribution is -2.29. The fourth-order valence-corrected chi connectivity index (χ4v) is 3.24. The van der Waals surface area contributed by atoms with Crippen LogP contribution in [0, 0.1) is 11.8 Å². The van der Waals surface area contributed by atoms with Crippen LogP contribution in [-0.4, -0.2) is 28.8 Å². The van der Waals surface area contributed by atoms with E-state index in [9.17, 15) is 14.4 Å². The van der Waals surface area contributed by atoms with Gasteiger partial charge in [0.1, 0.15) is 6.54 Å². The number of esters is 1. The molecule has 33 heavy (non-hydrogen) atoms. The highest BCUT2D eigenvalue weighted by Gasteiger charge is 2.09. The van der Waals surface area contributed by atoms with E-state index in [1.54, 1.807) is 66.9 Å². The smallest absolute Gasteiger partial charge is 0.337 e. The van der Waals surface area contributed by atoms with E-state index in [-0.39, 0.29) is 18.0 Å². The van der Waals surface area contributed by atoms with E-state index in [1.807, 2.05) is 12.1 Å². The number of rotatable bonds is 4. The molecule has 7 nitrogen and oxygen atoms in total. The number of hydrogen-bond donors (Lipinski definition) is 1. The number of methoxy groups -OCH3 is 1. The topological polar surface area (TPSA) is 90.3 Å². The number of aromatic nitrogens is 2. The summed E-state index contributed by atoms with van der Waals surface area (Å²) in [6.07, 6.45) is 1.56. The molecule has 0 saturated carbocycles. The second-order valence-corrected chi connectivity index (χ2v) is 7.15. The van der Waals surface area contributed by atoms with E-state index in [4.69, 9.17) is 4.74 Å². The number of nitrogens with one attached hydrogen (secondary N) is 1. The minimum absolute atomic E-state index is 0.208. The van der Waals surface area contributed by atoms with Gasteiger partial charge < -0.3 is 10.1 Å². The van der Waals surface area contributed by atoms with Crippen molar-refractivity contribution in [1.82, 2.24) is 9.78 Å². The lowest BCUT2D eigenvalue weighted by Gasteiger charge is -2.08. The minimum Gasteiger partial charge on any atom is -0.465 e. The maximum absolute atomic E-state index is 12.5. The number of benzene rings is 3. The van der Waals surface area contributed by atoms with Gasteiger partial charge in [0.25, 0.3) is 5.56 Å². The Hall–Kier alpha value is -4.70. The van der Waals surface area contributed by atoms with Gasteiger partial charge in [-0.3, -0.25) is 9.59 Å². The molecule has 0 bridgehead atoms. The molecule has 1 N–H and O–H groups in total. The molecule has 0 unspecified atom stereocenters. The van der Waals surface area contributed by atoms with Crippen LogP contribution in [0.4, 0.5) is 5.69 Å². The maximum atomic E-state index is 12.5. The van der Waals surface area contributed by atoms with Gasteiger partial charge in [-0.25, -0.2) is 9.48 Å². The van der Waals surface area contributed by atoms with Crippen molar-refractivity contribution >= 4 is 28.3 Å². The quantitative estimate of drug-likeness (QED) is 0.391. The molecule has 0 radical (unpaired) electrons. The van der Waals surface area contributed by atoms with Gasteiger partial charge in [-0.2, -0.15) is 5.10 Å². The van der Waals surface area contributed by atoms with E-state index in [0.29, 0.717) is 27.8 Å². The number of ether oxygens (including phenoxy) is 1. The fourth-order valence-electron chi connectivity index (χ4n) is 3.24. The highest BCUT2D eigenvalue weighted by Crippen LogP contribution is 2.11. The van der Waals surface area contributed by atoms with Crippen LogP contribution in [0.1, 0.15) is 21.5 Å². The van der Waals surface area contributed by atoms with Crippen LogP contribution in [0.25, 0.3) is 10.8 Å². The number of fused-ring (bicyclic) bond motifs is 1. The molecule has 0 aliphatic carbocycles. The monoisotopic (exact) mass is 437 g/mol. The number of carbonyl (C=O) groups excluding carboxylic acids is 2. The molecule has 4 rings (SSSR count). The number of nitrogens with zero attached hydrogens (tertiary/aromatic N) is 2. The van der Waals surface area contributed by atoms with Gasteiger partial charge in [0, 0.05) is 22.2 Å². The van der Waals surface area contributed by atoms with Crippen molar-refractivity contribution < 1.29 is 14.3 Å². The first-order chi connectivity index (χ1) is 16.0. The van der Waals surface area contributed by atoms with Gasteiger partial charge >= 0.3 is 5.97 Å². The van der Waals surface area contributed by atoms with Gasteiger partial charge in [0.2, 0.25) is 5.91 Å². The molecule has 0 spiro atoms. The highest BCUT2D eigenvalue weighted by molar-refractivity contribution is 5.91. The van der Waals surface area contributed by atoms with Crippen molar-refractivity contribution in [3.63, 3.8) is 0 Å². The van der Waals surface area contributed by atoms with E-state index >= 15 is 0 Å². The fraction of sp³-hybridized carbons (Fsp3) is 0.0769. The molecule has 4 aromatic rings. The molecule has 0 saturated heterocycles. The number of hydrogen-bond acceptors (Lipinski definition) is 5. The molecule has 1 amide bonds. The van der Waals surface area contributed by atoms with Crippen LogP contribution in [0.15, 0.2) is 83.8 Å². The Labute approximate surface area is 189 Å². The molecule has 0 aliphatic heterocycles. The normalized spacial score (nSPS) is 10.2. The zero-order valence-corrected chi connectivity index (χ0v) is 17.7. The van der Waals surface area contributed by atoms with Gasteiger partial charge in [-0.15, -0.1) is 0 Å².